The van der Waals surface area contributed by atoms with Gasteiger partial charge in [-0.05, 0) is 31.9 Å². The van der Waals surface area contributed by atoms with E-state index in [1.807, 2.05) is 6.92 Å². The van der Waals surface area contributed by atoms with Crippen molar-refractivity contribution in [1.29, 1.82) is 0 Å². The van der Waals surface area contributed by atoms with Crippen molar-refractivity contribution in [3.05, 3.63) is 23.7 Å². The first kappa shape index (κ1) is 10.5. The number of aryl methyl sites for hydroxylation is 2. The molecule has 0 unspecified atom stereocenters. The zero-order valence-corrected chi connectivity index (χ0v) is 10.1. The first-order valence-electron chi connectivity index (χ1n) is 5.13. The molecule has 2 rings (SSSR count). The van der Waals surface area contributed by atoms with E-state index in [2.05, 4.69) is 35.7 Å². The van der Waals surface area contributed by atoms with Gasteiger partial charge in [-0.1, -0.05) is 0 Å². The minimum atomic E-state index is 0.853. The van der Waals surface area contributed by atoms with Gasteiger partial charge in [0.1, 0.15) is 11.5 Å². The van der Waals surface area contributed by atoms with Gasteiger partial charge in [-0.15, -0.1) is 23.5 Å². The van der Waals surface area contributed by atoms with Crippen LogP contribution in [-0.2, 0) is 6.42 Å². The van der Waals surface area contributed by atoms with Crippen LogP contribution in [0, 0.1) is 6.92 Å². The van der Waals surface area contributed by atoms with E-state index >= 15 is 0 Å². The van der Waals surface area contributed by atoms with Crippen molar-refractivity contribution in [3.8, 4) is 0 Å². The second-order valence-electron chi connectivity index (χ2n) is 3.58. The normalized spacial score (nSPS) is 17.8. The van der Waals surface area contributed by atoms with Crippen molar-refractivity contribution < 1.29 is 4.42 Å². The molecule has 0 spiro atoms. The summed E-state index contributed by atoms with van der Waals surface area (Å²) in [6.07, 6.45) is 3.69. The zero-order chi connectivity index (χ0) is 9.80. The molecule has 0 N–H and O–H groups in total. The van der Waals surface area contributed by atoms with Gasteiger partial charge in [-0.2, -0.15) is 0 Å². The Bertz CT molecular complexity index is 277. The number of hydrogen-bond donors (Lipinski definition) is 0. The predicted octanol–water partition coefficient (Wildman–Crippen LogP) is 3.72. The summed E-state index contributed by atoms with van der Waals surface area (Å²) in [6, 6.07) is 4.15. The average molecular weight is 228 g/mol. The molecule has 14 heavy (non-hydrogen) atoms. The highest BCUT2D eigenvalue weighted by Crippen LogP contribution is 2.35. The van der Waals surface area contributed by atoms with Crippen LogP contribution >= 0.6 is 23.5 Å². The van der Waals surface area contributed by atoms with E-state index in [0.29, 0.717) is 0 Å². The fraction of sp³-hybridized carbons (Fsp3) is 0.636. The van der Waals surface area contributed by atoms with E-state index in [9.17, 15) is 0 Å². The van der Waals surface area contributed by atoms with Gasteiger partial charge in [-0.25, -0.2) is 0 Å². The van der Waals surface area contributed by atoms with Crippen molar-refractivity contribution in [2.75, 3.05) is 11.5 Å². The summed E-state index contributed by atoms with van der Waals surface area (Å²) in [6.45, 7) is 2.01. The van der Waals surface area contributed by atoms with Crippen LogP contribution in [0.5, 0.6) is 0 Å². The second-order valence-corrected chi connectivity index (χ2v) is 6.50. The Morgan fingerprint density at radius 3 is 2.79 bits per heavy atom. The monoisotopic (exact) mass is 228 g/mol. The maximum absolute atomic E-state index is 5.53. The summed E-state index contributed by atoms with van der Waals surface area (Å²) in [7, 11) is 0. The lowest BCUT2D eigenvalue weighted by molar-refractivity contribution is 0.476. The van der Waals surface area contributed by atoms with Gasteiger partial charge in [0, 0.05) is 17.9 Å². The summed E-state index contributed by atoms with van der Waals surface area (Å²) < 4.78 is 6.39. The number of rotatable bonds is 4. The van der Waals surface area contributed by atoms with Gasteiger partial charge in [0.25, 0.3) is 0 Å². The molecule has 0 amide bonds. The average Bonchev–Trinajstić information content (AvgIpc) is 2.77. The standard InChI is InChI=1S/C11H16OS2/c1-9-5-6-10(12-9)3-2-4-11-13-7-8-14-11/h5-6,11H,2-4,7-8H2,1H3. The maximum atomic E-state index is 5.53. The van der Waals surface area contributed by atoms with E-state index in [1.165, 1.54) is 24.3 Å². The lowest BCUT2D eigenvalue weighted by Gasteiger charge is -2.05. The van der Waals surface area contributed by atoms with Crippen LogP contribution in [0.2, 0.25) is 0 Å². The van der Waals surface area contributed by atoms with Crippen LogP contribution in [-0.4, -0.2) is 16.1 Å². The van der Waals surface area contributed by atoms with Gasteiger partial charge >= 0.3 is 0 Å². The number of furan rings is 1. The predicted molar refractivity (Wildman–Crippen MR) is 65.1 cm³/mol. The molecule has 0 radical (unpaired) electrons. The number of thioether (sulfide) groups is 2. The van der Waals surface area contributed by atoms with E-state index in [4.69, 9.17) is 4.42 Å². The molecule has 0 aromatic carbocycles. The second kappa shape index (κ2) is 5.17. The molecule has 1 fully saturated rings. The van der Waals surface area contributed by atoms with Gasteiger partial charge in [-0.3, -0.25) is 0 Å². The van der Waals surface area contributed by atoms with Crippen LogP contribution in [0.1, 0.15) is 24.4 Å². The van der Waals surface area contributed by atoms with Gasteiger partial charge in [0.15, 0.2) is 0 Å². The molecule has 0 atom stereocenters. The summed E-state index contributed by atoms with van der Waals surface area (Å²) in [5, 5.41) is 0. The Morgan fingerprint density at radius 1 is 1.36 bits per heavy atom. The Morgan fingerprint density at radius 2 is 2.14 bits per heavy atom. The SMILES string of the molecule is Cc1ccc(CCCC2SCCS2)o1. The zero-order valence-electron chi connectivity index (χ0n) is 8.49. The van der Waals surface area contributed by atoms with E-state index in [0.717, 1.165) is 22.5 Å². The highest BCUT2D eigenvalue weighted by atomic mass is 32.2. The molecule has 1 aromatic rings. The molecule has 0 aliphatic carbocycles. The third kappa shape index (κ3) is 2.99. The molecule has 1 aromatic heterocycles. The van der Waals surface area contributed by atoms with E-state index in [-0.39, 0.29) is 0 Å². The molecule has 2 heterocycles. The Kier molecular flexibility index (Phi) is 3.88. The highest BCUT2D eigenvalue weighted by Gasteiger charge is 2.15. The molecule has 0 bridgehead atoms. The molecule has 78 valence electrons. The van der Waals surface area contributed by atoms with Crippen molar-refractivity contribution in [3.63, 3.8) is 0 Å². The highest BCUT2D eigenvalue weighted by molar-refractivity contribution is 8.20. The molecule has 3 heteroatoms. The van der Waals surface area contributed by atoms with Crippen molar-refractivity contribution in [2.45, 2.75) is 30.8 Å². The quantitative estimate of drug-likeness (QED) is 0.780. The Hall–Kier alpha value is -0.0200. The minimum absolute atomic E-state index is 0.853. The Labute approximate surface area is 94.0 Å². The van der Waals surface area contributed by atoms with Crippen LogP contribution in [0.3, 0.4) is 0 Å². The first-order chi connectivity index (χ1) is 6.84. The Balaban J connectivity index is 1.67. The molecule has 0 saturated carbocycles. The molecular weight excluding hydrogens is 212 g/mol. The minimum Gasteiger partial charge on any atom is -0.466 e. The summed E-state index contributed by atoms with van der Waals surface area (Å²) >= 11 is 4.23. The topological polar surface area (TPSA) is 13.1 Å². The molecule has 1 aliphatic heterocycles. The lowest BCUT2D eigenvalue weighted by Crippen LogP contribution is -1.93. The lowest BCUT2D eigenvalue weighted by atomic mass is 10.2. The van der Waals surface area contributed by atoms with E-state index < -0.39 is 0 Å². The maximum Gasteiger partial charge on any atom is 0.104 e. The van der Waals surface area contributed by atoms with Gasteiger partial charge in [0.05, 0.1) is 4.58 Å². The number of hydrogen-bond acceptors (Lipinski definition) is 3. The van der Waals surface area contributed by atoms with Crippen molar-refractivity contribution in [1.82, 2.24) is 0 Å². The van der Waals surface area contributed by atoms with Crippen molar-refractivity contribution >= 4 is 23.5 Å². The van der Waals surface area contributed by atoms with Crippen molar-refractivity contribution in [2.24, 2.45) is 0 Å². The fourth-order valence-electron chi connectivity index (χ4n) is 1.64. The van der Waals surface area contributed by atoms with Crippen LogP contribution in [0.25, 0.3) is 0 Å². The summed E-state index contributed by atoms with van der Waals surface area (Å²) in [5.41, 5.74) is 0. The van der Waals surface area contributed by atoms with Gasteiger partial charge < -0.3 is 4.42 Å². The largest absolute Gasteiger partial charge is 0.466 e. The van der Waals surface area contributed by atoms with Gasteiger partial charge in [0.2, 0.25) is 0 Å². The van der Waals surface area contributed by atoms with Crippen LogP contribution in [0.15, 0.2) is 16.5 Å². The smallest absolute Gasteiger partial charge is 0.104 e. The fourth-order valence-corrected chi connectivity index (χ4v) is 4.56. The van der Waals surface area contributed by atoms with E-state index in [1.54, 1.807) is 0 Å². The van der Waals surface area contributed by atoms with Crippen LogP contribution in [0.4, 0.5) is 0 Å². The molecular formula is C11H16OS2. The summed E-state index contributed by atoms with van der Waals surface area (Å²) in [4.78, 5) is 0. The molecule has 1 saturated heterocycles. The first-order valence-corrected chi connectivity index (χ1v) is 7.23. The molecule has 1 nitrogen and oxygen atoms in total. The third-order valence-electron chi connectivity index (χ3n) is 2.35. The third-order valence-corrected chi connectivity index (χ3v) is 5.52. The summed E-state index contributed by atoms with van der Waals surface area (Å²) in [5.74, 6) is 4.87. The molecule has 1 aliphatic rings. The van der Waals surface area contributed by atoms with Crippen LogP contribution < -0.4 is 0 Å².